The fraction of sp³-hybridized carbons (Fsp3) is 0.500. The molecule has 2 aliphatic heterocycles. The van der Waals surface area contributed by atoms with Gasteiger partial charge in [-0.15, -0.1) is 0 Å². The number of urea groups is 1. The van der Waals surface area contributed by atoms with Gasteiger partial charge in [0.15, 0.2) is 11.4 Å². The topological polar surface area (TPSA) is 94.7 Å². The average Bonchev–Trinajstić information content (AvgIpc) is 3.30. The van der Waals surface area contributed by atoms with Crippen molar-refractivity contribution in [2.45, 2.75) is 18.9 Å². The Balaban J connectivity index is 1.36. The quantitative estimate of drug-likeness (QED) is 0.830. The van der Waals surface area contributed by atoms with Crippen LogP contribution in [0.3, 0.4) is 0 Å². The predicted octanol–water partition coefficient (Wildman–Crippen LogP) is 2.06. The van der Waals surface area contributed by atoms with Gasteiger partial charge in [0, 0.05) is 48.9 Å². The molecule has 4 rings (SSSR count). The first-order valence-corrected chi connectivity index (χ1v) is 10.2. The van der Waals surface area contributed by atoms with Crippen molar-refractivity contribution in [1.82, 2.24) is 15.0 Å². The zero-order valence-corrected chi connectivity index (χ0v) is 16.0. The molecule has 1 aromatic heterocycles. The summed E-state index contributed by atoms with van der Waals surface area (Å²) in [7, 11) is 0. The normalized spacial score (nSPS) is 22.9. The van der Waals surface area contributed by atoms with Gasteiger partial charge in [-0.1, -0.05) is 5.16 Å². The van der Waals surface area contributed by atoms with Crippen molar-refractivity contribution in [2.75, 3.05) is 47.9 Å². The molecule has 2 aliphatic rings. The minimum absolute atomic E-state index is 0.129. The molecule has 2 fully saturated rings. The SMILES string of the molecule is Cc1noc(C2(O)CCN(C(=O)Nc3ccc(N4CCSCC4)cc3)C2)n1. The molecule has 2 aromatic rings. The van der Waals surface area contributed by atoms with E-state index in [1.807, 2.05) is 36.0 Å². The molecule has 144 valence electrons. The van der Waals surface area contributed by atoms with Gasteiger partial charge in [0.05, 0.1) is 6.54 Å². The molecular formula is C18H23N5O3S. The van der Waals surface area contributed by atoms with Crippen molar-refractivity contribution in [3.8, 4) is 0 Å². The number of anilines is 2. The molecule has 0 spiro atoms. The largest absolute Gasteiger partial charge is 0.378 e. The summed E-state index contributed by atoms with van der Waals surface area (Å²) in [6.07, 6.45) is 0.369. The Morgan fingerprint density at radius 2 is 2.00 bits per heavy atom. The van der Waals surface area contributed by atoms with Crippen molar-refractivity contribution in [2.24, 2.45) is 0 Å². The molecule has 2 saturated heterocycles. The van der Waals surface area contributed by atoms with Crippen LogP contribution < -0.4 is 10.2 Å². The molecule has 0 aliphatic carbocycles. The smallest absolute Gasteiger partial charge is 0.321 e. The lowest BCUT2D eigenvalue weighted by atomic mass is 10.0. The summed E-state index contributed by atoms with van der Waals surface area (Å²) < 4.78 is 5.09. The molecule has 2 N–H and O–H groups in total. The van der Waals surface area contributed by atoms with Crippen LogP contribution in [-0.2, 0) is 5.60 Å². The molecule has 1 aromatic carbocycles. The Hall–Kier alpha value is -2.26. The highest BCUT2D eigenvalue weighted by Crippen LogP contribution is 2.31. The summed E-state index contributed by atoms with van der Waals surface area (Å²) in [4.78, 5) is 20.6. The molecule has 1 unspecified atom stereocenters. The van der Waals surface area contributed by atoms with Gasteiger partial charge in [0.25, 0.3) is 5.89 Å². The van der Waals surface area contributed by atoms with E-state index in [0.717, 1.165) is 30.3 Å². The second kappa shape index (κ2) is 7.40. The molecule has 0 bridgehead atoms. The van der Waals surface area contributed by atoms with Crippen LogP contribution in [0, 0.1) is 6.92 Å². The lowest BCUT2D eigenvalue weighted by molar-refractivity contribution is 0.0171. The van der Waals surface area contributed by atoms with Crippen LogP contribution in [0.1, 0.15) is 18.1 Å². The highest BCUT2D eigenvalue weighted by molar-refractivity contribution is 7.99. The van der Waals surface area contributed by atoms with Crippen molar-refractivity contribution in [3.05, 3.63) is 36.0 Å². The van der Waals surface area contributed by atoms with Gasteiger partial charge in [-0.2, -0.15) is 16.7 Å². The minimum atomic E-state index is -1.28. The fourth-order valence-corrected chi connectivity index (χ4v) is 4.31. The molecule has 2 amide bonds. The number of rotatable bonds is 3. The number of hydrogen-bond acceptors (Lipinski definition) is 7. The van der Waals surface area contributed by atoms with E-state index in [9.17, 15) is 9.90 Å². The van der Waals surface area contributed by atoms with E-state index in [2.05, 4.69) is 20.4 Å². The fourth-order valence-electron chi connectivity index (χ4n) is 3.41. The first-order valence-electron chi connectivity index (χ1n) is 9.05. The van der Waals surface area contributed by atoms with Crippen molar-refractivity contribution < 1.29 is 14.4 Å². The average molecular weight is 389 g/mol. The van der Waals surface area contributed by atoms with Crippen LogP contribution in [0.2, 0.25) is 0 Å². The Labute approximate surface area is 161 Å². The van der Waals surface area contributed by atoms with Crippen LogP contribution in [0.25, 0.3) is 0 Å². The number of carbonyl (C=O) groups excluding carboxylic acids is 1. The number of carbonyl (C=O) groups is 1. The number of aromatic nitrogens is 2. The van der Waals surface area contributed by atoms with Crippen LogP contribution in [-0.4, -0.2) is 63.9 Å². The third-order valence-corrected chi connectivity index (χ3v) is 5.90. The third kappa shape index (κ3) is 3.89. The van der Waals surface area contributed by atoms with E-state index in [1.54, 1.807) is 11.8 Å². The Morgan fingerprint density at radius 3 is 2.67 bits per heavy atom. The van der Waals surface area contributed by atoms with Crippen LogP contribution in [0.5, 0.6) is 0 Å². The molecule has 3 heterocycles. The molecule has 9 heteroatoms. The van der Waals surface area contributed by atoms with E-state index in [1.165, 1.54) is 5.69 Å². The lowest BCUT2D eigenvalue weighted by Crippen LogP contribution is -2.37. The summed E-state index contributed by atoms with van der Waals surface area (Å²) in [6, 6.07) is 7.65. The standard InChI is InChI=1S/C18H23N5O3S/c1-13-19-16(26-21-13)18(25)6-7-23(12-18)17(24)20-14-2-4-15(5-3-14)22-8-10-27-11-9-22/h2-5,25H,6-12H2,1H3,(H,20,24). The maximum atomic E-state index is 12.5. The zero-order chi connectivity index (χ0) is 18.9. The third-order valence-electron chi connectivity index (χ3n) is 4.96. The maximum absolute atomic E-state index is 12.5. The summed E-state index contributed by atoms with van der Waals surface area (Å²) in [6.45, 7) is 4.36. The summed E-state index contributed by atoms with van der Waals surface area (Å²) in [5.41, 5.74) is 0.629. The maximum Gasteiger partial charge on any atom is 0.321 e. The molecule has 1 atom stereocenters. The highest BCUT2D eigenvalue weighted by Gasteiger charge is 2.44. The zero-order valence-electron chi connectivity index (χ0n) is 15.2. The number of hydrogen-bond donors (Lipinski definition) is 2. The predicted molar refractivity (Wildman–Crippen MR) is 104 cm³/mol. The highest BCUT2D eigenvalue weighted by atomic mass is 32.2. The van der Waals surface area contributed by atoms with Crippen molar-refractivity contribution >= 4 is 29.2 Å². The number of aryl methyl sites for hydroxylation is 1. The van der Waals surface area contributed by atoms with E-state index in [4.69, 9.17) is 4.52 Å². The second-order valence-corrected chi connectivity index (χ2v) is 8.15. The van der Waals surface area contributed by atoms with E-state index in [0.29, 0.717) is 18.8 Å². The van der Waals surface area contributed by atoms with Crippen molar-refractivity contribution in [3.63, 3.8) is 0 Å². The summed E-state index contributed by atoms with van der Waals surface area (Å²) >= 11 is 1.98. The second-order valence-electron chi connectivity index (χ2n) is 6.93. The number of nitrogens with zero attached hydrogens (tertiary/aromatic N) is 4. The number of amides is 2. The Bertz CT molecular complexity index is 806. The number of β-amino-alcohol motifs (C(OH)–C–C–N with tert-alkyl or cyclic N) is 1. The summed E-state index contributed by atoms with van der Waals surface area (Å²) in [5.74, 6) is 2.93. The Morgan fingerprint density at radius 1 is 1.26 bits per heavy atom. The van der Waals surface area contributed by atoms with Crippen LogP contribution in [0.15, 0.2) is 28.8 Å². The van der Waals surface area contributed by atoms with E-state index in [-0.39, 0.29) is 18.5 Å². The molecular weight excluding hydrogens is 366 g/mol. The minimum Gasteiger partial charge on any atom is -0.378 e. The number of aliphatic hydroxyl groups is 1. The first-order chi connectivity index (χ1) is 13.0. The molecule has 0 radical (unpaired) electrons. The molecule has 8 nitrogen and oxygen atoms in total. The van der Waals surface area contributed by atoms with Crippen LogP contribution >= 0.6 is 11.8 Å². The summed E-state index contributed by atoms with van der Waals surface area (Å²) in [5, 5.41) is 17.3. The van der Waals surface area contributed by atoms with Crippen molar-refractivity contribution in [1.29, 1.82) is 0 Å². The van der Waals surface area contributed by atoms with E-state index < -0.39 is 5.60 Å². The van der Waals surface area contributed by atoms with Gasteiger partial charge in [-0.05, 0) is 31.2 Å². The molecule has 27 heavy (non-hydrogen) atoms. The number of thioether (sulfide) groups is 1. The van der Waals surface area contributed by atoms with Gasteiger partial charge in [0.2, 0.25) is 0 Å². The van der Waals surface area contributed by atoms with Gasteiger partial charge in [0.1, 0.15) is 0 Å². The molecule has 0 saturated carbocycles. The number of benzene rings is 1. The monoisotopic (exact) mass is 389 g/mol. The van der Waals surface area contributed by atoms with Gasteiger partial charge in [-0.25, -0.2) is 4.79 Å². The first kappa shape index (κ1) is 18.1. The van der Waals surface area contributed by atoms with E-state index >= 15 is 0 Å². The van der Waals surface area contributed by atoms with Crippen LogP contribution in [0.4, 0.5) is 16.2 Å². The number of likely N-dealkylation sites (tertiary alicyclic amines) is 1. The number of nitrogens with one attached hydrogen (secondary N) is 1. The Kier molecular flexibility index (Phi) is 4.96. The van der Waals surface area contributed by atoms with Gasteiger partial charge >= 0.3 is 6.03 Å². The lowest BCUT2D eigenvalue weighted by Gasteiger charge is -2.28. The van der Waals surface area contributed by atoms with Gasteiger partial charge < -0.3 is 24.7 Å². The van der Waals surface area contributed by atoms with Gasteiger partial charge in [-0.3, -0.25) is 0 Å².